The summed E-state index contributed by atoms with van der Waals surface area (Å²) < 4.78 is 0. The maximum atomic E-state index is 12.6. The molecule has 3 N–H and O–H groups in total. The standard InChI is InChI=1S/C26H41NO5S/c1-18(2)9-7-10-19(3)11-8-12-20(4)15-16-33-17-23(26(31)32)27-24(28)21-13-5-6-14-22(21)25(29)30/h9,11,15,21-23H,5-8,10,12-14,16-17H2,1-4H3,(H,27,28)(H,29,30)(H,31,32)/t21?,22?,23-/m0/s1. The molecule has 186 valence electrons. The van der Waals surface area contributed by atoms with Gasteiger partial charge in [0.05, 0.1) is 11.8 Å². The van der Waals surface area contributed by atoms with Gasteiger partial charge in [-0.25, -0.2) is 4.79 Å². The molecule has 33 heavy (non-hydrogen) atoms. The van der Waals surface area contributed by atoms with Gasteiger partial charge in [-0.2, -0.15) is 11.8 Å². The van der Waals surface area contributed by atoms with E-state index in [-0.39, 0.29) is 5.75 Å². The summed E-state index contributed by atoms with van der Waals surface area (Å²) in [6.07, 6.45) is 13.3. The second-order valence-electron chi connectivity index (χ2n) is 9.23. The Morgan fingerprint density at radius 3 is 2.06 bits per heavy atom. The highest BCUT2D eigenvalue weighted by Gasteiger charge is 2.37. The van der Waals surface area contributed by atoms with E-state index in [1.165, 1.54) is 28.5 Å². The van der Waals surface area contributed by atoms with Crippen molar-refractivity contribution in [3.63, 3.8) is 0 Å². The van der Waals surface area contributed by atoms with Gasteiger partial charge in [0, 0.05) is 11.5 Å². The predicted molar refractivity (Wildman–Crippen MR) is 135 cm³/mol. The van der Waals surface area contributed by atoms with Crippen LogP contribution in [0.15, 0.2) is 34.9 Å². The first-order valence-electron chi connectivity index (χ1n) is 11.9. The van der Waals surface area contributed by atoms with E-state index < -0.39 is 35.7 Å². The lowest BCUT2D eigenvalue weighted by Crippen LogP contribution is -2.48. The molecule has 0 heterocycles. The fourth-order valence-corrected chi connectivity index (χ4v) is 4.92. The predicted octanol–water partition coefficient (Wildman–Crippen LogP) is 5.60. The molecule has 1 amide bonds. The SMILES string of the molecule is CC(C)=CCCC(C)=CCCC(C)=CCSC[C@H](NC(=O)C1CCCCC1C(=O)O)C(=O)O. The molecule has 0 radical (unpaired) electrons. The second kappa shape index (κ2) is 15.8. The number of hydrogen-bond donors (Lipinski definition) is 3. The molecule has 7 heteroatoms. The van der Waals surface area contributed by atoms with Crippen LogP contribution in [0.5, 0.6) is 0 Å². The third-order valence-corrected chi connectivity index (χ3v) is 6.96. The van der Waals surface area contributed by atoms with Crippen molar-refractivity contribution in [3.8, 4) is 0 Å². The van der Waals surface area contributed by atoms with E-state index in [1.54, 1.807) is 0 Å². The average Bonchev–Trinajstić information content (AvgIpc) is 2.75. The van der Waals surface area contributed by atoms with Crippen LogP contribution >= 0.6 is 11.8 Å². The number of aliphatic carboxylic acids is 2. The molecule has 6 nitrogen and oxygen atoms in total. The molecule has 0 aromatic heterocycles. The number of carbonyl (C=O) groups excluding carboxylic acids is 1. The van der Waals surface area contributed by atoms with Crippen LogP contribution < -0.4 is 5.32 Å². The highest BCUT2D eigenvalue weighted by molar-refractivity contribution is 7.99. The summed E-state index contributed by atoms with van der Waals surface area (Å²) in [4.78, 5) is 35.6. The van der Waals surface area contributed by atoms with E-state index in [0.29, 0.717) is 18.6 Å². The highest BCUT2D eigenvalue weighted by Crippen LogP contribution is 2.30. The van der Waals surface area contributed by atoms with Crippen molar-refractivity contribution in [2.24, 2.45) is 11.8 Å². The quantitative estimate of drug-likeness (QED) is 0.221. The van der Waals surface area contributed by atoms with E-state index in [9.17, 15) is 24.6 Å². The smallest absolute Gasteiger partial charge is 0.327 e. The first-order valence-corrected chi connectivity index (χ1v) is 13.1. The number of rotatable bonds is 14. The number of allylic oxidation sites excluding steroid dienone is 5. The van der Waals surface area contributed by atoms with Crippen LogP contribution in [-0.4, -0.2) is 45.6 Å². The van der Waals surface area contributed by atoms with Gasteiger partial charge >= 0.3 is 11.9 Å². The van der Waals surface area contributed by atoms with Crippen LogP contribution in [-0.2, 0) is 14.4 Å². The highest BCUT2D eigenvalue weighted by atomic mass is 32.2. The minimum absolute atomic E-state index is 0.249. The molecule has 1 saturated carbocycles. The summed E-state index contributed by atoms with van der Waals surface area (Å²) in [6.45, 7) is 8.48. The topological polar surface area (TPSA) is 104 Å². The van der Waals surface area contributed by atoms with E-state index >= 15 is 0 Å². The molecular weight excluding hydrogens is 438 g/mol. The maximum absolute atomic E-state index is 12.6. The fourth-order valence-electron chi connectivity index (χ4n) is 3.92. The normalized spacial score (nSPS) is 20.1. The molecule has 2 unspecified atom stereocenters. The monoisotopic (exact) mass is 479 g/mol. The van der Waals surface area contributed by atoms with Gasteiger partial charge in [-0.05, 0) is 66.2 Å². The molecular formula is C26H41NO5S. The van der Waals surface area contributed by atoms with Gasteiger partial charge < -0.3 is 15.5 Å². The molecule has 0 aromatic carbocycles. The van der Waals surface area contributed by atoms with Gasteiger partial charge in [-0.1, -0.05) is 47.8 Å². The summed E-state index contributed by atoms with van der Waals surface area (Å²) in [5.74, 6) is -2.97. The Hall–Kier alpha value is -2.02. The van der Waals surface area contributed by atoms with Crippen molar-refractivity contribution in [2.75, 3.05) is 11.5 Å². The fraction of sp³-hybridized carbons (Fsp3) is 0.654. The van der Waals surface area contributed by atoms with E-state index in [2.05, 4.69) is 51.2 Å². The van der Waals surface area contributed by atoms with Crippen molar-refractivity contribution in [1.82, 2.24) is 5.32 Å². The van der Waals surface area contributed by atoms with E-state index in [1.807, 2.05) is 0 Å². The lowest BCUT2D eigenvalue weighted by atomic mass is 9.78. The zero-order valence-corrected chi connectivity index (χ0v) is 21.4. The molecule has 0 saturated heterocycles. The Balaban J connectivity index is 2.43. The van der Waals surface area contributed by atoms with Gasteiger partial charge in [0.1, 0.15) is 6.04 Å². The first-order chi connectivity index (χ1) is 15.6. The van der Waals surface area contributed by atoms with E-state index in [4.69, 9.17) is 0 Å². The molecule has 0 spiro atoms. The van der Waals surface area contributed by atoms with Crippen LogP contribution in [0.1, 0.15) is 79.1 Å². The minimum Gasteiger partial charge on any atom is -0.481 e. The lowest BCUT2D eigenvalue weighted by molar-refractivity contribution is -0.149. The van der Waals surface area contributed by atoms with Crippen molar-refractivity contribution in [3.05, 3.63) is 34.9 Å². The van der Waals surface area contributed by atoms with Crippen LogP contribution in [0.4, 0.5) is 0 Å². The number of carboxylic acid groups (broad SMARTS) is 2. The Kier molecular flexibility index (Phi) is 13.8. The molecule has 1 rings (SSSR count). The number of carbonyl (C=O) groups is 3. The van der Waals surface area contributed by atoms with Crippen molar-refractivity contribution < 1.29 is 24.6 Å². The summed E-state index contributed by atoms with van der Waals surface area (Å²) in [7, 11) is 0. The van der Waals surface area contributed by atoms with Gasteiger partial charge in [0.15, 0.2) is 0 Å². The average molecular weight is 480 g/mol. The number of amides is 1. The molecule has 0 bridgehead atoms. The van der Waals surface area contributed by atoms with Gasteiger partial charge in [0.2, 0.25) is 5.91 Å². The zero-order valence-electron chi connectivity index (χ0n) is 20.6. The summed E-state index contributed by atoms with van der Waals surface area (Å²) >= 11 is 1.46. The molecule has 0 aliphatic heterocycles. The number of hydrogen-bond acceptors (Lipinski definition) is 4. The van der Waals surface area contributed by atoms with Crippen LogP contribution in [0, 0.1) is 11.8 Å². The largest absolute Gasteiger partial charge is 0.481 e. The third-order valence-electron chi connectivity index (χ3n) is 5.99. The maximum Gasteiger partial charge on any atom is 0.327 e. The van der Waals surface area contributed by atoms with Crippen LogP contribution in [0.3, 0.4) is 0 Å². The lowest BCUT2D eigenvalue weighted by Gasteiger charge is -2.28. The minimum atomic E-state index is -1.09. The molecule has 1 fully saturated rings. The Labute approximate surface area is 203 Å². The van der Waals surface area contributed by atoms with Gasteiger partial charge in [-0.15, -0.1) is 0 Å². The zero-order chi connectivity index (χ0) is 24.8. The van der Waals surface area contributed by atoms with Crippen LogP contribution in [0.2, 0.25) is 0 Å². The Morgan fingerprint density at radius 1 is 0.909 bits per heavy atom. The number of nitrogens with one attached hydrogen (secondary N) is 1. The first kappa shape index (κ1) is 29.0. The number of carboxylic acids is 2. The molecule has 3 atom stereocenters. The summed E-state index contributed by atoms with van der Waals surface area (Å²) in [6, 6.07) is -1.01. The molecule has 1 aliphatic rings. The number of thioether (sulfide) groups is 1. The van der Waals surface area contributed by atoms with Crippen molar-refractivity contribution in [2.45, 2.75) is 85.1 Å². The summed E-state index contributed by atoms with van der Waals surface area (Å²) in [5, 5.41) is 21.4. The van der Waals surface area contributed by atoms with Crippen LogP contribution in [0.25, 0.3) is 0 Å². The Bertz CT molecular complexity index is 752. The Morgan fingerprint density at radius 2 is 1.48 bits per heavy atom. The molecule has 0 aromatic rings. The molecule has 1 aliphatic carbocycles. The van der Waals surface area contributed by atoms with Crippen molar-refractivity contribution >= 4 is 29.6 Å². The van der Waals surface area contributed by atoms with E-state index in [0.717, 1.165) is 38.5 Å². The van der Waals surface area contributed by atoms with Crippen molar-refractivity contribution in [1.29, 1.82) is 0 Å². The summed E-state index contributed by atoms with van der Waals surface area (Å²) in [5.41, 5.74) is 4.01. The van der Waals surface area contributed by atoms with Gasteiger partial charge in [-0.3, -0.25) is 9.59 Å². The third kappa shape index (κ3) is 12.1. The van der Waals surface area contributed by atoms with Gasteiger partial charge in [0.25, 0.3) is 0 Å². The second-order valence-corrected chi connectivity index (χ2v) is 10.3.